The number of pyridine rings is 1. The maximum atomic E-state index is 14.1. The first-order chi connectivity index (χ1) is 10.0. The fourth-order valence-corrected chi connectivity index (χ4v) is 2.24. The molecular formula is C14H12BrFN2O3. The van der Waals surface area contributed by atoms with E-state index in [1.807, 2.05) is 0 Å². The molecule has 5 nitrogen and oxygen atoms in total. The van der Waals surface area contributed by atoms with Gasteiger partial charge in [0.2, 0.25) is 5.88 Å². The molecule has 0 atom stereocenters. The monoisotopic (exact) mass is 354 g/mol. The second-order valence-electron chi connectivity index (χ2n) is 4.15. The van der Waals surface area contributed by atoms with E-state index in [0.717, 1.165) is 5.56 Å². The molecule has 0 saturated heterocycles. The van der Waals surface area contributed by atoms with Crippen LogP contribution in [0.4, 0.5) is 10.1 Å². The smallest absolute Gasteiger partial charge is 0.336 e. The molecule has 110 valence electrons. The van der Waals surface area contributed by atoms with Crippen molar-refractivity contribution in [2.75, 3.05) is 12.4 Å². The lowest BCUT2D eigenvalue weighted by atomic mass is 10.2. The lowest BCUT2D eigenvalue weighted by Gasteiger charge is -2.10. The maximum absolute atomic E-state index is 14.1. The summed E-state index contributed by atoms with van der Waals surface area (Å²) in [6, 6.07) is 6.23. The number of benzene rings is 1. The largest absolute Gasteiger partial charge is 0.481 e. The molecule has 1 aromatic heterocycles. The average Bonchev–Trinajstić information content (AvgIpc) is 2.48. The molecule has 0 bridgehead atoms. The standard InChI is InChI=1S/C14H12BrFN2O3/c1-21-11-6-8(4-5-17-11)7-18-10-3-2-9(14(19)20)12(15)13(10)16/h2-6,18H,7H2,1H3,(H,19,20). The summed E-state index contributed by atoms with van der Waals surface area (Å²) in [4.78, 5) is 14.9. The van der Waals surface area contributed by atoms with E-state index in [4.69, 9.17) is 9.84 Å². The first kappa shape index (κ1) is 15.2. The number of ether oxygens (including phenoxy) is 1. The normalized spacial score (nSPS) is 10.2. The van der Waals surface area contributed by atoms with Crippen molar-refractivity contribution in [2.45, 2.75) is 6.54 Å². The average molecular weight is 355 g/mol. The molecule has 1 aromatic carbocycles. The van der Waals surface area contributed by atoms with Crippen molar-refractivity contribution in [1.29, 1.82) is 0 Å². The van der Waals surface area contributed by atoms with Gasteiger partial charge in [0.25, 0.3) is 0 Å². The fraction of sp³-hybridized carbons (Fsp3) is 0.143. The summed E-state index contributed by atoms with van der Waals surface area (Å²) >= 11 is 2.95. The number of hydrogen-bond acceptors (Lipinski definition) is 4. The van der Waals surface area contributed by atoms with Crippen molar-refractivity contribution in [3.63, 3.8) is 0 Å². The molecule has 7 heteroatoms. The third kappa shape index (κ3) is 3.49. The van der Waals surface area contributed by atoms with Crippen molar-refractivity contribution in [1.82, 2.24) is 4.98 Å². The summed E-state index contributed by atoms with van der Waals surface area (Å²) in [7, 11) is 1.51. The molecule has 0 radical (unpaired) electrons. The number of aromatic carboxylic acids is 1. The van der Waals surface area contributed by atoms with Gasteiger partial charge < -0.3 is 15.2 Å². The lowest BCUT2D eigenvalue weighted by Crippen LogP contribution is -2.05. The topological polar surface area (TPSA) is 71.5 Å². The Morgan fingerprint density at radius 1 is 1.48 bits per heavy atom. The van der Waals surface area contributed by atoms with E-state index in [9.17, 15) is 9.18 Å². The summed E-state index contributed by atoms with van der Waals surface area (Å²) in [6.07, 6.45) is 1.59. The Morgan fingerprint density at radius 2 is 2.24 bits per heavy atom. The summed E-state index contributed by atoms with van der Waals surface area (Å²) in [5, 5.41) is 11.8. The van der Waals surface area contributed by atoms with Gasteiger partial charge >= 0.3 is 5.97 Å². The van der Waals surface area contributed by atoms with Crippen LogP contribution in [0.25, 0.3) is 0 Å². The fourth-order valence-electron chi connectivity index (χ4n) is 1.72. The zero-order valence-electron chi connectivity index (χ0n) is 11.1. The molecule has 0 unspecified atom stereocenters. The molecule has 2 rings (SSSR count). The van der Waals surface area contributed by atoms with Gasteiger partial charge in [-0.1, -0.05) is 0 Å². The van der Waals surface area contributed by atoms with Crippen LogP contribution >= 0.6 is 15.9 Å². The van der Waals surface area contributed by atoms with Gasteiger partial charge in [0.05, 0.1) is 22.8 Å². The highest BCUT2D eigenvalue weighted by Crippen LogP contribution is 2.27. The minimum absolute atomic E-state index is 0.0766. The summed E-state index contributed by atoms with van der Waals surface area (Å²) < 4.78 is 19.0. The molecule has 0 aliphatic heterocycles. The van der Waals surface area contributed by atoms with Gasteiger partial charge in [-0.3, -0.25) is 0 Å². The molecule has 0 saturated carbocycles. The molecule has 0 fully saturated rings. The van der Waals surface area contributed by atoms with Gasteiger partial charge in [-0.25, -0.2) is 14.2 Å². The second-order valence-corrected chi connectivity index (χ2v) is 4.95. The highest BCUT2D eigenvalue weighted by atomic mass is 79.9. The summed E-state index contributed by atoms with van der Waals surface area (Å²) in [6.45, 7) is 0.356. The van der Waals surface area contributed by atoms with Gasteiger partial charge in [-0.15, -0.1) is 0 Å². The Kier molecular flexibility index (Phi) is 4.74. The lowest BCUT2D eigenvalue weighted by molar-refractivity contribution is 0.0695. The van der Waals surface area contributed by atoms with Crippen LogP contribution < -0.4 is 10.1 Å². The highest BCUT2D eigenvalue weighted by Gasteiger charge is 2.15. The van der Waals surface area contributed by atoms with Crippen LogP contribution in [0.5, 0.6) is 5.88 Å². The number of carbonyl (C=O) groups is 1. The van der Waals surface area contributed by atoms with Crippen LogP contribution in [0.3, 0.4) is 0 Å². The van der Waals surface area contributed by atoms with Gasteiger partial charge in [-0.05, 0) is 39.7 Å². The SMILES string of the molecule is COc1cc(CNc2ccc(C(=O)O)c(Br)c2F)ccn1. The quantitative estimate of drug-likeness (QED) is 0.861. The van der Waals surface area contributed by atoms with E-state index in [2.05, 4.69) is 26.2 Å². The molecule has 0 spiro atoms. The number of carboxylic acids is 1. The van der Waals surface area contributed by atoms with E-state index in [1.165, 1.54) is 19.2 Å². The molecule has 21 heavy (non-hydrogen) atoms. The van der Waals surface area contributed by atoms with Crippen LogP contribution in [-0.4, -0.2) is 23.2 Å². The molecule has 0 amide bonds. The minimum Gasteiger partial charge on any atom is -0.481 e. The number of nitrogens with one attached hydrogen (secondary N) is 1. The number of anilines is 1. The Labute approximate surface area is 128 Å². The number of hydrogen-bond donors (Lipinski definition) is 2. The van der Waals surface area contributed by atoms with E-state index < -0.39 is 11.8 Å². The number of aromatic nitrogens is 1. The number of rotatable bonds is 5. The van der Waals surface area contributed by atoms with Crippen molar-refractivity contribution in [3.8, 4) is 5.88 Å². The molecule has 0 aliphatic rings. The predicted molar refractivity (Wildman–Crippen MR) is 79.2 cm³/mol. The van der Waals surface area contributed by atoms with Crippen molar-refractivity contribution in [2.24, 2.45) is 0 Å². The van der Waals surface area contributed by atoms with E-state index in [1.54, 1.807) is 18.3 Å². The predicted octanol–water partition coefficient (Wildman–Crippen LogP) is 3.30. The number of nitrogens with zero attached hydrogens (tertiary/aromatic N) is 1. The first-order valence-electron chi connectivity index (χ1n) is 5.97. The van der Waals surface area contributed by atoms with E-state index >= 15 is 0 Å². The number of halogens is 2. The Balaban J connectivity index is 2.17. The Bertz CT molecular complexity index is 679. The van der Waals surface area contributed by atoms with Crippen molar-refractivity contribution < 1.29 is 19.0 Å². The van der Waals surface area contributed by atoms with Crippen LogP contribution in [-0.2, 0) is 6.54 Å². The molecular weight excluding hydrogens is 343 g/mol. The van der Waals surface area contributed by atoms with Crippen LogP contribution in [0.1, 0.15) is 15.9 Å². The second kappa shape index (κ2) is 6.53. The van der Waals surface area contributed by atoms with Gasteiger partial charge in [0.15, 0.2) is 5.82 Å². The van der Waals surface area contributed by atoms with Gasteiger partial charge in [0.1, 0.15) is 0 Å². The maximum Gasteiger partial charge on any atom is 0.336 e. The van der Waals surface area contributed by atoms with Crippen LogP contribution in [0.15, 0.2) is 34.9 Å². The molecule has 2 aromatic rings. The van der Waals surface area contributed by atoms with Crippen LogP contribution in [0, 0.1) is 5.82 Å². The van der Waals surface area contributed by atoms with Crippen molar-refractivity contribution >= 4 is 27.6 Å². The summed E-state index contributed by atoms with van der Waals surface area (Å²) in [5.41, 5.74) is 0.950. The zero-order chi connectivity index (χ0) is 15.4. The third-order valence-corrected chi connectivity index (χ3v) is 3.58. The Hall–Kier alpha value is -2.15. The Morgan fingerprint density at radius 3 is 2.90 bits per heavy atom. The van der Waals surface area contributed by atoms with Gasteiger partial charge in [0, 0.05) is 18.8 Å². The van der Waals surface area contributed by atoms with Crippen LogP contribution in [0.2, 0.25) is 0 Å². The molecule has 0 aliphatic carbocycles. The minimum atomic E-state index is -1.19. The zero-order valence-corrected chi connectivity index (χ0v) is 12.6. The third-order valence-electron chi connectivity index (χ3n) is 2.80. The number of methoxy groups -OCH3 is 1. The molecule has 1 heterocycles. The number of carboxylic acid groups (broad SMARTS) is 1. The first-order valence-corrected chi connectivity index (χ1v) is 6.76. The molecule has 2 N–H and O–H groups in total. The highest BCUT2D eigenvalue weighted by molar-refractivity contribution is 9.10. The van der Waals surface area contributed by atoms with Crippen molar-refractivity contribution in [3.05, 3.63) is 51.9 Å². The summed E-state index contributed by atoms with van der Waals surface area (Å²) in [5.74, 6) is -1.36. The van der Waals surface area contributed by atoms with E-state index in [0.29, 0.717) is 12.4 Å². The van der Waals surface area contributed by atoms with E-state index in [-0.39, 0.29) is 15.7 Å². The van der Waals surface area contributed by atoms with Gasteiger partial charge in [-0.2, -0.15) is 0 Å².